The standard InChI is InChI=1S/C24H25N3O4S/c1-29-20-9-17(10-21(30-2)23(20)31-3)18-11-22(28)27-14-26(13-16-7-5-4-6-8-16)15-32-24(27)19(18)12-25/h4-10,18H,11,13-15H2,1-3H3/p+1/t18-/m0/s1. The number of nitrogens with one attached hydrogen (secondary N) is 1. The van der Waals surface area contributed by atoms with Gasteiger partial charge in [0.2, 0.25) is 11.7 Å². The van der Waals surface area contributed by atoms with Gasteiger partial charge in [-0.3, -0.25) is 9.69 Å². The Morgan fingerprint density at radius 2 is 1.81 bits per heavy atom. The highest BCUT2D eigenvalue weighted by molar-refractivity contribution is 8.02. The SMILES string of the molecule is COc1cc([C@@H]2CC(=O)N3C[NH+](Cc4ccccc4)CSC3=C2C#N)cc(OC)c1OC. The molecule has 0 bridgehead atoms. The fraction of sp³-hybridized carbons (Fsp3) is 0.333. The number of nitriles is 1. The number of fused-ring (bicyclic) bond motifs is 1. The van der Waals surface area contributed by atoms with E-state index in [9.17, 15) is 10.1 Å². The Balaban J connectivity index is 1.65. The third-order valence-corrected chi connectivity index (χ3v) is 7.07. The Morgan fingerprint density at radius 1 is 1.12 bits per heavy atom. The fourth-order valence-electron chi connectivity index (χ4n) is 4.25. The summed E-state index contributed by atoms with van der Waals surface area (Å²) in [5, 5.41) is 10.8. The average Bonchev–Trinajstić information content (AvgIpc) is 2.83. The van der Waals surface area contributed by atoms with Gasteiger partial charge in [-0.2, -0.15) is 5.26 Å². The predicted molar refractivity (Wildman–Crippen MR) is 121 cm³/mol. The quantitative estimate of drug-likeness (QED) is 0.726. The first-order valence-electron chi connectivity index (χ1n) is 10.3. The van der Waals surface area contributed by atoms with E-state index < -0.39 is 0 Å². The number of benzene rings is 2. The van der Waals surface area contributed by atoms with Gasteiger partial charge in [-0.15, -0.1) is 0 Å². The summed E-state index contributed by atoms with van der Waals surface area (Å²) in [6, 6.07) is 16.3. The van der Waals surface area contributed by atoms with Crippen LogP contribution < -0.4 is 19.1 Å². The molecule has 1 saturated heterocycles. The lowest BCUT2D eigenvalue weighted by atomic mass is 9.86. The van der Waals surface area contributed by atoms with Gasteiger partial charge in [0.15, 0.2) is 18.2 Å². The van der Waals surface area contributed by atoms with Crippen LogP contribution in [-0.2, 0) is 11.3 Å². The van der Waals surface area contributed by atoms with Crippen molar-refractivity contribution in [1.82, 2.24) is 4.90 Å². The average molecular weight is 453 g/mol. The van der Waals surface area contributed by atoms with Gasteiger partial charge < -0.3 is 19.1 Å². The molecular formula is C24H26N3O4S+. The van der Waals surface area contributed by atoms with Gasteiger partial charge in [-0.25, -0.2) is 0 Å². The molecule has 0 aliphatic carbocycles. The molecule has 1 unspecified atom stereocenters. The van der Waals surface area contributed by atoms with Crippen LogP contribution >= 0.6 is 11.8 Å². The number of carbonyl (C=O) groups is 1. The maximum Gasteiger partial charge on any atom is 0.232 e. The number of amides is 1. The number of carbonyl (C=O) groups excluding carboxylic acids is 1. The summed E-state index contributed by atoms with van der Waals surface area (Å²) < 4.78 is 16.4. The van der Waals surface area contributed by atoms with E-state index in [0.717, 1.165) is 23.0 Å². The summed E-state index contributed by atoms with van der Waals surface area (Å²) in [7, 11) is 4.66. The number of nitrogens with zero attached hydrogens (tertiary/aromatic N) is 2. The summed E-state index contributed by atoms with van der Waals surface area (Å²) in [6.45, 7) is 1.40. The Bertz CT molecular complexity index is 1060. The van der Waals surface area contributed by atoms with Crippen molar-refractivity contribution in [3.63, 3.8) is 0 Å². The highest BCUT2D eigenvalue weighted by atomic mass is 32.2. The largest absolute Gasteiger partial charge is 0.493 e. The molecule has 2 aromatic rings. The lowest BCUT2D eigenvalue weighted by Gasteiger charge is -2.39. The zero-order valence-electron chi connectivity index (χ0n) is 18.4. The lowest BCUT2D eigenvalue weighted by molar-refractivity contribution is -0.910. The van der Waals surface area contributed by atoms with Crippen LogP contribution in [0.2, 0.25) is 0 Å². The molecule has 0 saturated carbocycles. The highest BCUT2D eigenvalue weighted by Gasteiger charge is 2.40. The van der Waals surface area contributed by atoms with Crippen LogP contribution in [0.25, 0.3) is 0 Å². The van der Waals surface area contributed by atoms with E-state index >= 15 is 0 Å². The van der Waals surface area contributed by atoms with Crippen LogP contribution in [0.3, 0.4) is 0 Å². The minimum Gasteiger partial charge on any atom is -0.493 e. The third-order valence-electron chi connectivity index (χ3n) is 5.81. The van der Waals surface area contributed by atoms with E-state index in [1.54, 1.807) is 38.0 Å². The Labute approximate surface area is 192 Å². The second-order valence-electron chi connectivity index (χ2n) is 7.73. The summed E-state index contributed by atoms with van der Waals surface area (Å²) in [6.07, 6.45) is 0.226. The number of quaternary nitrogens is 1. The van der Waals surface area contributed by atoms with Crippen molar-refractivity contribution in [3.8, 4) is 23.3 Å². The Hall–Kier alpha value is -3.15. The molecule has 7 nitrogen and oxygen atoms in total. The van der Waals surface area contributed by atoms with Crippen molar-refractivity contribution in [2.45, 2.75) is 18.9 Å². The summed E-state index contributed by atoms with van der Waals surface area (Å²) in [5.74, 6) is 1.97. The van der Waals surface area contributed by atoms with Gasteiger partial charge in [0.05, 0.1) is 33.0 Å². The van der Waals surface area contributed by atoms with Gasteiger partial charge in [0.1, 0.15) is 17.5 Å². The second-order valence-corrected chi connectivity index (χ2v) is 8.69. The number of methoxy groups -OCH3 is 3. The van der Waals surface area contributed by atoms with E-state index in [0.29, 0.717) is 29.5 Å². The van der Waals surface area contributed by atoms with Crippen LogP contribution in [0.5, 0.6) is 17.2 Å². The molecule has 166 valence electrons. The molecule has 0 aromatic heterocycles. The van der Waals surface area contributed by atoms with Gasteiger partial charge in [0, 0.05) is 17.9 Å². The number of hydrogen-bond donors (Lipinski definition) is 1. The van der Waals surface area contributed by atoms with Crippen molar-refractivity contribution in [1.29, 1.82) is 5.26 Å². The first kappa shape index (κ1) is 22.1. The maximum absolute atomic E-state index is 13.2. The molecule has 2 aliphatic rings. The van der Waals surface area contributed by atoms with Crippen molar-refractivity contribution in [2.24, 2.45) is 0 Å². The topological polar surface area (TPSA) is 76.2 Å². The van der Waals surface area contributed by atoms with E-state index in [1.165, 1.54) is 10.5 Å². The molecule has 1 N–H and O–H groups in total. The first-order chi connectivity index (χ1) is 15.6. The molecule has 0 spiro atoms. The minimum absolute atomic E-state index is 0.0236. The third kappa shape index (κ3) is 4.14. The number of rotatable bonds is 6. The molecule has 1 fully saturated rings. The first-order valence-corrected chi connectivity index (χ1v) is 11.3. The van der Waals surface area contributed by atoms with Crippen LogP contribution in [0.1, 0.15) is 23.5 Å². The fourth-order valence-corrected chi connectivity index (χ4v) is 5.45. The normalized spacial score (nSPS) is 20.4. The van der Waals surface area contributed by atoms with Gasteiger partial charge >= 0.3 is 0 Å². The zero-order valence-corrected chi connectivity index (χ0v) is 19.2. The molecule has 32 heavy (non-hydrogen) atoms. The van der Waals surface area contributed by atoms with E-state index in [2.05, 4.69) is 18.2 Å². The monoisotopic (exact) mass is 452 g/mol. The van der Waals surface area contributed by atoms with E-state index in [4.69, 9.17) is 14.2 Å². The molecule has 2 atom stereocenters. The van der Waals surface area contributed by atoms with E-state index in [-0.39, 0.29) is 18.2 Å². The molecular weight excluding hydrogens is 426 g/mol. The van der Waals surface area contributed by atoms with Crippen LogP contribution in [-0.4, -0.2) is 44.7 Å². The number of thioether (sulfide) groups is 1. The lowest BCUT2D eigenvalue weighted by Crippen LogP contribution is -3.12. The van der Waals surface area contributed by atoms with Crippen LogP contribution in [0.15, 0.2) is 53.1 Å². The van der Waals surface area contributed by atoms with Crippen LogP contribution in [0.4, 0.5) is 0 Å². The van der Waals surface area contributed by atoms with Gasteiger partial charge in [-0.1, -0.05) is 30.3 Å². The molecule has 1 amide bonds. The smallest absolute Gasteiger partial charge is 0.232 e. The van der Waals surface area contributed by atoms with Crippen molar-refractivity contribution in [2.75, 3.05) is 33.9 Å². The van der Waals surface area contributed by atoms with Crippen molar-refractivity contribution >= 4 is 17.7 Å². The number of ether oxygens (including phenoxy) is 3. The number of hydrogen-bond acceptors (Lipinski definition) is 6. The molecule has 4 rings (SSSR count). The van der Waals surface area contributed by atoms with Crippen LogP contribution in [0, 0.1) is 11.3 Å². The molecule has 2 aliphatic heterocycles. The Kier molecular flexibility index (Phi) is 6.58. The molecule has 8 heteroatoms. The zero-order chi connectivity index (χ0) is 22.7. The predicted octanol–water partition coefficient (Wildman–Crippen LogP) is 2.51. The summed E-state index contributed by atoms with van der Waals surface area (Å²) in [4.78, 5) is 16.2. The molecule has 2 heterocycles. The highest BCUT2D eigenvalue weighted by Crippen LogP contribution is 2.45. The van der Waals surface area contributed by atoms with Crippen molar-refractivity contribution in [3.05, 3.63) is 64.2 Å². The summed E-state index contributed by atoms with van der Waals surface area (Å²) in [5.41, 5.74) is 2.65. The second kappa shape index (κ2) is 9.55. The van der Waals surface area contributed by atoms with Gasteiger partial charge in [-0.05, 0) is 29.5 Å². The number of allylic oxidation sites excluding steroid dienone is 1. The van der Waals surface area contributed by atoms with Gasteiger partial charge in [0.25, 0.3) is 0 Å². The summed E-state index contributed by atoms with van der Waals surface area (Å²) >= 11 is 1.57. The minimum atomic E-state index is -0.351. The molecule has 2 aromatic carbocycles. The van der Waals surface area contributed by atoms with Crippen molar-refractivity contribution < 1.29 is 23.9 Å². The van der Waals surface area contributed by atoms with E-state index in [1.807, 2.05) is 30.3 Å². The maximum atomic E-state index is 13.2. The molecule has 0 radical (unpaired) electrons. The Morgan fingerprint density at radius 3 is 2.41 bits per heavy atom.